The highest BCUT2D eigenvalue weighted by atomic mass is 32.1. The third-order valence-corrected chi connectivity index (χ3v) is 7.00. The molecule has 0 N–H and O–H groups in total. The third-order valence-electron chi connectivity index (χ3n) is 5.86. The lowest BCUT2D eigenvalue weighted by Crippen LogP contribution is -2.29. The largest absolute Gasteiger partial charge is 0.493 e. The van der Waals surface area contributed by atoms with Gasteiger partial charge in [0.15, 0.2) is 22.1 Å². The smallest absolute Gasteiger partial charge is 0.350 e. The Morgan fingerprint density at radius 1 is 1.06 bits per heavy atom. The van der Waals surface area contributed by atoms with Gasteiger partial charge in [0.2, 0.25) is 5.76 Å². The highest BCUT2D eigenvalue weighted by Gasteiger charge is 2.45. The molecule has 3 heterocycles. The molecule has 35 heavy (non-hydrogen) atoms. The van der Waals surface area contributed by atoms with E-state index in [2.05, 4.69) is 4.98 Å². The van der Waals surface area contributed by atoms with E-state index in [1.807, 2.05) is 0 Å². The van der Waals surface area contributed by atoms with Gasteiger partial charge < -0.3 is 18.6 Å². The van der Waals surface area contributed by atoms with Gasteiger partial charge in [-0.05, 0) is 36.8 Å². The number of aromatic nitrogens is 1. The molecule has 1 amide bonds. The Labute approximate surface area is 203 Å². The van der Waals surface area contributed by atoms with Crippen LogP contribution < -0.4 is 19.8 Å². The molecule has 2 aromatic carbocycles. The summed E-state index contributed by atoms with van der Waals surface area (Å²) in [6.45, 7) is 1.66. The number of rotatable bonds is 5. The number of ether oxygens (including phenoxy) is 3. The fraction of sp³-hybridized carbons (Fsp3) is 0.200. The van der Waals surface area contributed by atoms with Crippen LogP contribution in [0.2, 0.25) is 0 Å². The van der Waals surface area contributed by atoms with E-state index < -0.39 is 17.9 Å². The van der Waals surface area contributed by atoms with E-state index in [1.165, 1.54) is 26.2 Å². The van der Waals surface area contributed by atoms with E-state index in [4.69, 9.17) is 18.6 Å². The van der Waals surface area contributed by atoms with Gasteiger partial charge in [0, 0.05) is 0 Å². The molecule has 10 heteroatoms. The molecule has 4 aromatic rings. The van der Waals surface area contributed by atoms with E-state index in [9.17, 15) is 14.4 Å². The predicted molar refractivity (Wildman–Crippen MR) is 129 cm³/mol. The van der Waals surface area contributed by atoms with Crippen molar-refractivity contribution in [2.45, 2.75) is 13.0 Å². The van der Waals surface area contributed by atoms with Gasteiger partial charge in [-0.25, -0.2) is 9.78 Å². The zero-order valence-electron chi connectivity index (χ0n) is 19.3. The summed E-state index contributed by atoms with van der Waals surface area (Å²) < 4.78 is 21.6. The number of aryl methyl sites for hydroxylation is 1. The maximum atomic E-state index is 13.7. The van der Waals surface area contributed by atoms with Crippen molar-refractivity contribution < 1.29 is 28.2 Å². The summed E-state index contributed by atoms with van der Waals surface area (Å²) in [6, 6.07) is 11.0. The number of carbonyl (C=O) groups excluding carboxylic acids is 2. The number of para-hydroxylation sites is 1. The van der Waals surface area contributed by atoms with Crippen LogP contribution in [0, 0.1) is 6.92 Å². The zero-order valence-corrected chi connectivity index (χ0v) is 20.1. The minimum atomic E-state index is -0.866. The van der Waals surface area contributed by atoms with Crippen LogP contribution in [0.25, 0.3) is 11.0 Å². The standard InChI is InChI=1S/C25H20N2O7S/c1-12-22(24(30)33-4)35-25(26-12)27-19(13-9-10-16(31-2)17(11-13)32-3)18-20(28)14-7-5-6-8-15(14)34-21(18)23(27)29/h5-11,19H,1-4H3. The van der Waals surface area contributed by atoms with E-state index in [0.29, 0.717) is 33.7 Å². The molecule has 0 bridgehead atoms. The van der Waals surface area contributed by atoms with E-state index in [-0.39, 0.29) is 26.8 Å². The lowest BCUT2D eigenvalue weighted by atomic mass is 9.98. The predicted octanol–water partition coefficient (Wildman–Crippen LogP) is 4.11. The summed E-state index contributed by atoms with van der Waals surface area (Å²) in [4.78, 5) is 45.7. The highest BCUT2D eigenvalue weighted by Crippen LogP contribution is 2.44. The summed E-state index contributed by atoms with van der Waals surface area (Å²) >= 11 is 1.01. The Balaban J connectivity index is 1.78. The molecule has 2 aromatic heterocycles. The Hall–Kier alpha value is -4.18. The second-order valence-electron chi connectivity index (χ2n) is 7.76. The van der Waals surface area contributed by atoms with Crippen molar-refractivity contribution in [1.82, 2.24) is 4.98 Å². The van der Waals surface area contributed by atoms with Crippen LogP contribution in [0.1, 0.15) is 43.1 Å². The first-order valence-electron chi connectivity index (χ1n) is 10.6. The molecule has 9 nitrogen and oxygen atoms in total. The van der Waals surface area contributed by atoms with E-state index in [1.54, 1.807) is 49.4 Å². The maximum absolute atomic E-state index is 13.7. The highest BCUT2D eigenvalue weighted by molar-refractivity contribution is 7.17. The average molecular weight is 493 g/mol. The molecule has 0 radical (unpaired) electrons. The maximum Gasteiger partial charge on any atom is 0.350 e. The SMILES string of the molecule is COC(=O)c1sc(N2C(=O)c3oc4ccccc4c(=O)c3C2c2ccc(OC)c(OC)c2)nc1C. The molecular weight excluding hydrogens is 472 g/mol. The first-order valence-corrected chi connectivity index (χ1v) is 11.4. The fourth-order valence-corrected chi connectivity index (χ4v) is 5.23. The molecule has 1 aliphatic rings. The minimum Gasteiger partial charge on any atom is -0.493 e. The number of methoxy groups -OCH3 is 3. The van der Waals surface area contributed by atoms with E-state index >= 15 is 0 Å². The lowest BCUT2D eigenvalue weighted by molar-refractivity contribution is 0.0605. The quantitative estimate of drug-likeness (QED) is 0.383. The molecule has 0 saturated heterocycles. The van der Waals surface area contributed by atoms with Gasteiger partial charge in [0.25, 0.3) is 5.91 Å². The first-order chi connectivity index (χ1) is 16.9. The molecule has 1 aliphatic heterocycles. The summed E-state index contributed by atoms with van der Waals surface area (Å²) in [6.07, 6.45) is 0. The van der Waals surface area contributed by atoms with Crippen LogP contribution in [0.5, 0.6) is 11.5 Å². The van der Waals surface area contributed by atoms with Crippen LogP contribution in [0.3, 0.4) is 0 Å². The summed E-state index contributed by atoms with van der Waals surface area (Å²) in [5.74, 6) is -0.232. The summed E-state index contributed by atoms with van der Waals surface area (Å²) in [5, 5.41) is 0.597. The number of hydrogen-bond acceptors (Lipinski definition) is 9. The van der Waals surface area contributed by atoms with Crippen LogP contribution in [0.4, 0.5) is 5.13 Å². The number of thiazole rings is 1. The Bertz CT molecular complexity index is 1560. The Morgan fingerprint density at radius 3 is 2.51 bits per heavy atom. The third kappa shape index (κ3) is 3.45. The number of nitrogens with zero attached hydrogens (tertiary/aromatic N) is 2. The van der Waals surface area contributed by atoms with Crippen molar-refractivity contribution in [2.75, 3.05) is 26.2 Å². The Kier molecular flexibility index (Phi) is 5.52. The number of anilines is 1. The number of benzene rings is 2. The number of esters is 1. The normalized spacial score (nSPS) is 14.8. The van der Waals surface area contributed by atoms with Gasteiger partial charge in [0.05, 0.1) is 44.0 Å². The molecular formula is C25H20N2O7S. The van der Waals surface area contributed by atoms with Crippen molar-refractivity contribution in [3.8, 4) is 11.5 Å². The van der Waals surface area contributed by atoms with Gasteiger partial charge in [-0.3, -0.25) is 14.5 Å². The monoisotopic (exact) mass is 492 g/mol. The van der Waals surface area contributed by atoms with Gasteiger partial charge in [-0.1, -0.05) is 29.5 Å². The molecule has 0 fully saturated rings. The van der Waals surface area contributed by atoms with Gasteiger partial charge in [-0.15, -0.1) is 0 Å². The van der Waals surface area contributed by atoms with Gasteiger partial charge >= 0.3 is 5.97 Å². The molecule has 0 saturated carbocycles. The first kappa shape index (κ1) is 22.6. The second kappa shape index (κ2) is 8.55. The molecule has 0 spiro atoms. The zero-order chi connectivity index (χ0) is 24.9. The summed E-state index contributed by atoms with van der Waals surface area (Å²) in [7, 11) is 4.30. The van der Waals surface area contributed by atoms with Crippen molar-refractivity contribution in [2.24, 2.45) is 0 Å². The topological polar surface area (TPSA) is 108 Å². The van der Waals surface area contributed by atoms with Crippen LogP contribution >= 0.6 is 11.3 Å². The molecule has 1 unspecified atom stereocenters. The van der Waals surface area contributed by atoms with Crippen molar-refractivity contribution in [3.63, 3.8) is 0 Å². The molecule has 178 valence electrons. The number of carbonyl (C=O) groups is 2. The summed E-state index contributed by atoms with van der Waals surface area (Å²) in [5.41, 5.74) is 1.18. The Morgan fingerprint density at radius 2 is 1.80 bits per heavy atom. The average Bonchev–Trinajstić information content (AvgIpc) is 3.40. The fourth-order valence-electron chi connectivity index (χ4n) is 4.22. The number of amides is 1. The minimum absolute atomic E-state index is 0.0686. The van der Waals surface area contributed by atoms with Crippen molar-refractivity contribution in [3.05, 3.63) is 80.1 Å². The molecule has 5 rings (SSSR count). The van der Waals surface area contributed by atoms with Crippen molar-refractivity contribution >= 4 is 39.3 Å². The molecule has 0 aliphatic carbocycles. The number of fused-ring (bicyclic) bond motifs is 2. The second-order valence-corrected chi connectivity index (χ2v) is 8.74. The number of hydrogen-bond donors (Lipinski definition) is 0. The van der Waals surface area contributed by atoms with Gasteiger partial charge in [0.1, 0.15) is 10.5 Å². The van der Waals surface area contributed by atoms with Crippen LogP contribution in [-0.2, 0) is 4.74 Å². The van der Waals surface area contributed by atoms with Crippen molar-refractivity contribution in [1.29, 1.82) is 0 Å². The molecule has 1 atom stereocenters. The van der Waals surface area contributed by atoms with E-state index in [0.717, 1.165) is 11.3 Å². The van der Waals surface area contributed by atoms with Crippen LogP contribution in [-0.4, -0.2) is 38.2 Å². The lowest BCUT2D eigenvalue weighted by Gasteiger charge is -2.23. The van der Waals surface area contributed by atoms with Gasteiger partial charge in [-0.2, -0.15) is 0 Å². The van der Waals surface area contributed by atoms with Crippen LogP contribution in [0.15, 0.2) is 51.7 Å².